The van der Waals surface area contributed by atoms with E-state index in [0.717, 1.165) is 31.4 Å². The lowest BCUT2D eigenvalue weighted by Crippen LogP contribution is -2.58. The molecule has 2 saturated carbocycles. The van der Waals surface area contributed by atoms with Gasteiger partial charge >= 0.3 is 5.97 Å². The lowest BCUT2D eigenvalue weighted by atomic mass is 9.62. The monoisotopic (exact) mass is 306 g/mol. The molecule has 3 rings (SSSR count). The highest BCUT2D eigenvalue weighted by Crippen LogP contribution is 2.56. The number of rotatable bonds is 6. The Labute approximate surface area is 132 Å². The van der Waals surface area contributed by atoms with Gasteiger partial charge in [-0.1, -0.05) is 12.8 Å². The predicted octanol–water partition coefficient (Wildman–Crippen LogP) is 2.63. The lowest BCUT2D eigenvalue weighted by Gasteiger charge is -2.52. The number of aryl methyl sites for hydroxylation is 2. The maximum absolute atomic E-state index is 12.1. The van der Waals surface area contributed by atoms with Crippen LogP contribution in [-0.2, 0) is 27.7 Å². The molecule has 122 valence electrons. The van der Waals surface area contributed by atoms with E-state index in [-0.39, 0.29) is 23.6 Å². The zero-order valence-electron chi connectivity index (χ0n) is 13.6. The van der Waals surface area contributed by atoms with Gasteiger partial charge in [-0.2, -0.15) is 5.10 Å². The maximum atomic E-state index is 12.1. The fraction of sp³-hybridized carbons (Fsp3) is 0.765. The molecule has 5 heteroatoms. The minimum atomic E-state index is -0.0879. The number of hydrogen-bond acceptors (Lipinski definition) is 4. The Hall–Kier alpha value is -1.36. The Kier molecular flexibility index (Phi) is 4.52. The molecular formula is C17H26N2O3. The second-order valence-corrected chi connectivity index (χ2v) is 6.62. The summed E-state index contributed by atoms with van der Waals surface area (Å²) in [4.78, 5) is 12.1. The van der Waals surface area contributed by atoms with Gasteiger partial charge in [-0.3, -0.25) is 9.48 Å². The molecule has 2 fully saturated rings. The molecule has 2 aliphatic rings. The van der Waals surface area contributed by atoms with Crippen molar-refractivity contribution in [2.24, 2.45) is 12.5 Å². The normalized spacial score (nSPS) is 26.1. The molecule has 0 N–H and O–H groups in total. The molecule has 1 heterocycles. The molecule has 0 radical (unpaired) electrons. The van der Waals surface area contributed by atoms with Crippen LogP contribution in [0.3, 0.4) is 0 Å². The van der Waals surface area contributed by atoms with Crippen LogP contribution in [0.2, 0.25) is 0 Å². The first-order chi connectivity index (χ1) is 10.6. The Balaban J connectivity index is 1.51. The largest absolute Gasteiger partial charge is 0.462 e. The Morgan fingerprint density at radius 3 is 2.82 bits per heavy atom. The first-order valence-electron chi connectivity index (χ1n) is 8.42. The Morgan fingerprint density at radius 2 is 2.18 bits per heavy atom. The zero-order valence-corrected chi connectivity index (χ0v) is 13.6. The topological polar surface area (TPSA) is 53.4 Å². The summed E-state index contributed by atoms with van der Waals surface area (Å²) in [6, 6.07) is 0. The summed E-state index contributed by atoms with van der Waals surface area (Å²) >= 11 is 0. The van der Waals surface area contributed by atoms with E-state index in [1.165, 1.54) is 12.8 Å². The van der Waals surface area contributed by atoms with Gasteiger partial charge in [0.05, 0.1) is 12.3 Å². The highest BCUT2D eigenvalue weighted by atomic mass is 16.6. The molecule has 22 heavy (non-hydrogen) atoms. The van der Waals surface area contributed by atoms with Crippen molar-refractivity contribution in [1.82, 2.24) is 9.78 Å². The van der Waals surface area contributed by atoms with Gasteiger partial charge in [-0.15, -0.1) is 0 Å². The van der Waals surface area contributed by atoms with Gasteiger partial charge in [0.2, 0.25) is 0 Å². The molecule has 0 bridgehead atoms. The standard InChI is InChI=1S/C17H26N2O3/c1-3-21-14-10-15(17(14)8-4-5-9-17)22-16(20)7-6-13-11-18-19(2)12-13/h11-12,14-15H,3-10H2,1-2H3/t14-,15+/m0/s1. The summed E-state index contributed by atoms with van der Waals surface area (Å²) in [7, 11) is 1.88. The minimum absolute atomic E-state index is 0.0629. The summed E-state index contributed by atoms with van der Waals surface area (Å²) in [5, 5.41) is 4.12. The molecule has 0 amide bonds. The Morgan fingerprint density at radius 1 is 1.41 bits per heavy atom. The molecule has 5 nitrogen and oxygen atoms in total. The third-order valence-corrected chi connectivity index (χ3v) is 5.26. The predicted molar refractivity (Wildman–Crippen MR) is 82.3 cm³/mol. The summed E-state index contributed by atoms with van der Waals surface area (Å²) in [5.41, 5.74) is 1.19. The summed E-state index contributed by atoms with van der Waals surface area (Å²) < 4.78 is 13.4. The van der Waals surface area contributed by atoms with Crippen molar-refractivity contribution >= 4 is 5.97 Å². The van der Waals surface area contributed by atoms with Crippen LogP contribution in [0.4, 0.5) is 0 Å². The first kappa shape index (κ1) is 15.5. The van der Waals surface area contributed by atoms with E-state index in [2.05, 4.69) is 5.10 Å². The highest BCUT2D eigenvalue weighted by Gasteiger charge is 2.58. The number of esters is 1. The van der Waals surface area contributed by atoms with Crippen LogP contribution in [0.1, 0.15) is 51.0 Å². The van der Waals surface area contributed by atoms with Crippen molar-refractivity contribution in [2.75, 3.05) is 6.61 Å². The van der Waals surface area contributed by atoms with Crippen molar-refractivity contribution < 1.29 is 14.3 Å². The first-order valence-corrected chi connectivity index (χ1v) is 8.42. The van der Waals surface area contributed by atoms with Crippen LogP contribution in [0.25, 0.3) is 0 Å². The van der Waals surface area contributed by atoms with Gasteiger partial charge in [-0.05, 0) is 31.7 Å². The van der Waals surface area contributed by atoms with Crippen LogP contribution in [0, 0.1) is 5.41 Å². The number of hydrogen-bond donors (Lipinski definition) is 0. The second-order valence-electron chi connectivity index (χ2n) is 6.62. The Bertz CT molecular complexity index is 520. The van der Waals surface area contributed by atoms with Gasteiger partial charge in [0.15, 0.2) is 0 Å². The van der Waals surface area contributed by atoms with Crippen molar-refractivity contribution in [3.05, 3.63) is 18.0 Å². The smallest absolute Gasteiger partial charge is 0.306 e. The number of nitrogens with zero attached hydrogens (tertiary/aromatic N) is 2. The minimum Gasteiger partial charge on any atom is -0.462 e. The van der Waals surface area contributed by atoms with E-state index in [4.69, 9.17) is 9.47 Å². The molecule has 0 aromatic carbocycles. The number of ether oxygens (including phenoxy) is 2. The van der Waals surface area contributed by atoms with Crippen molar-refractivity contribution in [2.45, 2.75) is 64.1 Å². The van der Waals surface area contributed by atoms with Crippen molar-refractivity contribution in [3.8, 4) is 0 Å². The quantitative estimate of drug-likeness (QED) is 0.758. The van der Waals surface area contributed by atoms with E-state index in [9.17, 15) is 4.79 Å². The zero-order chi connectivity index (χ0) is 15.6. The number of carbonyl (C=O) groups excluding carboxylic acids is 1. The van der Waals surface area contributed by atoms with Crippen LogP contribution in [-0.4, -0.2) is 34.6 Å². The molecule has 1 aromatic rings. The fourth-order valence-corrected chi connectivity index (χ4v) is 4.05. The van der Waals surface area contributed by atoms with E-state index >= 15 is 0 Å². The van der Waals surface area contributed by atoms with Crippen molar-refractivity contribution in [3.63, 3.8) is 0 Å². The van der Waals surface area contributed by atoms with E-state index in [1.54, 1.807) is 10.9 Å². The maximum Gasteiger partial charge on any atom is 0.306 e. The SMILES string of the molecule is CCO[C@H]1C[C@@H](OC(=O)CCc2cnn(C)c2)C12CCCC2. The summed E-state index contributed by atoms with van der Waals surface area (Å²) in [6.07, 6.45) is 10.8. The highest BCUT2D eigenvalue weighted by molar-refractivity contribution is 5.70. The lowest BCUT2D eigenvalue weighted by molar-refractivity contribution is -0.211. The molecule has 0 saturated heterocycles. The third-order valence-electron chi connectivity index (χ3n) is 5.26. The molecule has 0 unspecified atom stereocenters. The average molecular weight is 306 g/mol. The van der Waals surface area contributed by atoms with Gasteiger partial charge in [0.25, 0.3) is 0 Å². The van der Waals surface area contributed by atoms with Gasteiger partial charge in [0, 0.05) is 38.1 Å². The number of aromatic nitrogens is 2. The van der Waals surface area contributed by atoms with Crippen LogP contribution in [0.5, 0.6) is 0 Å². The second kappa shape index (κ2) is 6.41. The van der Waals surface area contributed by atoms with Gasteiger partial charge in [0.1, 0.15) is 6.10 Å². The van der Waals surface area contributed by atoms with Gasteiger partial charge < -0.3 is 9.47 Å². The average Bonchev–Trinajstić information content (AvgIpc) is 3.14. The van der Waals surface area contributed by atoms with Crippen molar-refractivity contribution in [1.29, 1.82) is 0 Å². The van der Waals surface area contributed by atoms with E-state index in [0.29, 0.717) is 12.8 Å². The van der Waals surface area contributed by atoms with E-state index in [1.807, 2.05) is 20.2 Å². The van der Waals surface area contributed by atoms with Crippen LogP contribution < -0.4 is 0 Å². The number of carbonyl (C=O) groups is 1. The summed E-state index contributed by atoms with van der Waals surface area (Å²) in [5.74, 6) is -0.0879. The van der Waals surface area contributed by atoms with Crippen LogP contribution in [0.15, 0.2) is 12.4 Å². The molecule has 2 aliphatic carbocycles. The third kappa shape index (κ3) is 2.91. The molecule has 2 atom stereocenters. The van der Waals surface area contributed by atoms with Gasteiger partial charge in [-0.25, -0.2) is 0 Å². The summed E-state index contributed by atoms with van der Waals surface area (Å²) in [6.45, 7) is 2.78. The fourth-order valence-electron chi connectivity index (χ4n) is 4.05. The van der Waals surface area contributed by atoms with E-state index < -0.39 is 0 Å². The molecule has 1 spiro atoms. The molecule has 0 aliphatic heterocycles. The molecule has 1 aromatic heterocycles. The van der Waals surface area contributed by atoms with Crippen LogP contribution >= 0.6 is 0 Å². The molecular weight excluding hydrogens is 280 g/mol.